The number of halogens is 2. The molecule has 1 aromatic carbocycles. The van der Waals surface area contributed by atoms with E-state index < -0.39 is 0 Å². The maximum absolute atomic E-state index is 5.80. The minimum Gasteiger partial charge on any atom is -0.241 e. The standard InChI is InChI=1S/C8H4Cl2N/c9-8-5-6-3-1-2-4-7(6)11(8)10/h1-4H. The fraction of sp³-hybridized carbons (Fsp3) is 0. The van der Waals surface area contributed by atoms with Crippen LogP contribution in [-0.4, -0.2) is 4.09 Å². The van der Waals surface area contributed by atoms with Gasteiger partial charge in [0.15, 0.2) is 0 Å². The van der Waals surface area contributed by atoms with Crippen molar-refractivity contribution in [3.63, 3.8) is 0 Å². The number of hydrogen-bond acceptors (Lipinski definition) is 0. The van der Waals surface area contributed by atoms with Crippen molar-refractivity contribution in [1.82, 2.24) is 4.09 Å². The zero-order valence-corrected chi connectivity index (χ0v) is 7.02. The van der Waals surface area contributed by atoms with E-state index in [1.165, 1.54) is 4.09 Å². The van der Waals surface area contributed by atoms with Crippen LogP contribution in [0.15, 0.2) is 24.3 Å². The Bertz CT molecular complexity index is 392. The first-order chi connectivity index (χ1) is 5.29. The number of aromatic nitrogens is 1. The van der Waals surface area contributed by atoms with Crippen LogP contribution in [0.3, 0.4) is 0 Å². The van der Waals surface area contributed by atoms with Gasteiger partial charge in [0, 0.05) is 23.2 Å². The Labute approximate surface area is 74.3 Å². The van der Waals surface area contributed by atoms with Gasteiger partial charge in [0.1, 0.15) is 5.15 Å². The molecule has 0 aliphatic heterocycles. The minimum absolute atomic E-state index is 0.424. The largest absolute Gasteiger partial charge is 0.241 e. The first kappa shape index (κ1) is 7.01. The maximum atomic E-state index is 5.80. The minimum atomic E-state index is 0.424. The molecular weight excluding hydrogens is 181 g/mol. The lowest BCUT2D eigenvalue weighted by molar-refractivity contribution is 1.32. The molecule has 1 nitrogen and oxygen atoms in total. The molecule has 2 aromatic rings. The number of hydrogen-bond donors (Lipinski definition) is 0. The normalized spacial score (nSPS) is 10.7. The van der Waals surface area contributed by atoms with Crippen LogP contribution in [0.4, 0.5) is 0 Å². The van der Waals surface area contributed by atoms with E-state index in [2.05, 4.69) is 6.07 Å². The summed E-state index contributed by atoms with van der Waals surface area (Å²) in [4.78, 5) is 0. The lowest BCUT2D eigenvalue weighted by Crippen LogP contribution is -1.76. The number of fused-ring (bicyclic) bond motifs is 1. The van der Waals surface area contributed by atoms with Gasteiger partial charge in [0.2, 0.25) is 0 Å². The summed E-state index contributed by atoms with van der Waals surface area (Å²) in [5, 5.41) is 1.36. The third-order valence-electron chi connectivity index (χ3n) is 1.53. The molecule has 0 bridgehead atoms. The van der Waals surface area contributed by atoms with Crippen LogP contribution in [0.25, 0.3) is 10.9 Å². The van der Waals surface area contributed by atoms with Gasteiger partial charge in [0.25, 0.3) is 0 Å². The molecule has 1 radical (unpaired) electrons. The van der Waals surface area contributed by atoms with E-state index in [-0.39, 0.29) is 0 Å². The van der Waals surface area contributed by atoms with Crippen molar-refractivity contribution in [2.45, 2.75) is 0 Å². The van der Waals surface area contributed by atoms with Crippen LogP contribution in [-0.2, 0) is 0 Å². The van der Waals surface area contributed by atoms with Gasteiger partial charge >= 0.3 is 0 Å². The SMILES string of the molecule is Clc1[c]c2ccccc2n1Cl. The molecule has 3 heteroatoms. The van der Waals surface area contributed by atoms with Gasteiger partial charge in [-0.15, -0.1) is 0 Å². The van der Waals surface area contributed by atoms with Crippen molar-refractivity contribution >= 4 is 34.3 Å². The zero-order chi connectivity index (χ0) is 7.84. The molecule has 1 heterocycles. The molecule has 0 unspecified atom stereocenters. The lowest BCUT2D eigenvalue weighted by Gasteiger charge is -1.91. The molecule has 0 saturated carbocycles. The fourth-order valence-corrected chi connectivity index (χ4v) is 1.40. The van der Waals surface area contributed by atoms with Crippen molar-refractivity contribution in [2.24, 2.45) is 0 Å². The molecule has 0 spiro atoms. The second-order valence-corrected chi connectivity index (χ2v) is 2.91. The molecule has 55 valence electrons. The molecular formula is C8H4Cl2N. The number of benzene rings is 1. The summed E-state index contributed by atoms with van der Waals surface area (Å²) in [6.45, 7) is 0. The lowest BCUT2D eigenvalue weighted by atomic mass is 10.3. The van der Waals surface area contributed by atoms with Crippen molar-refractivity contribution in [3.8, 4) is 0 Å². The second-order valence-electron chi connectivity index (χ2n) is 2.21. The van der Waals surface area contributed by atoms with Gasteiger partial charge in [0.05, 0.1) is 5.52 Å². The van der Waals surface area contributed by atoms with E-state index in [1.807, 2.05) is 24.3 Å². The monoisotopic (exact) mass is 184 g/mol. The Kier molecular flexibility index (Phi) is 1.55. The van der Waals surface area contributed by atoms with Crippen LogP contribution in [0.2, 0.25) is 5.15 Å². The topological polar surface area (TPSA) is 4.93 Å². The van der Waals surface area contributed by atoms with Gasteiger partial charge in [-0.2, -0.15) is 0 Å². The summed E-state index contributed by atoms with van der Waals surface area (Å²) in [5.41, 5.74) is 0.888. The highest BCUT2D eigenvalue weighted by molar-refractivity contribution is 6.35. The van der Waals surface area contributed by atoms with Gasteiger partial charge in [-0.25, -0.2) is 4.09 Å². The Morgan fingerprint density at radius 1 is 1.27 bits per heavy atom. The summed E-state index contributed by atoms with van der Waals surface area (Å²) in [6.07, 6.45) is 0. The van der Waals surface area contributed by atoms with Crippen molar-refractivity contribution in [1.29, 1.82) is 0 Å². The third-order valence-corrected chi connectivity index (χ3v) is 2.23. The predicted molar refractivity (Wildman–Crippen MR) is 47.0 cm³/mol. The highest BCUT2D eigenvalue weighted by Gasteiger charge is 2.02. The highest BCUT2D eigenvalue weighted by Crippen LogP contribution is 2.23. The van der Waals surface area contributed by atoms with Gasteiger partial charge in [-0.1, -0.05) is 29.8 Å². The molecule has 1 aromatic heterocycles. The highest BCUT2D eigenvalue weighted by atomic mass is 35.5. The van der Waals surface area contributed by atoms with Crippen molar-refractivity contribution < 1.29 is 0 Å². The summed E-state index contributed by atoms with van der Waals surface area (Å²) < 4.78 is 1.39. The Morgan fingerprint density at radius 3 is 2.73 bits per heavy atom. The molecule has 0 fully saturated rings. The summed E-state index contributed by atoms with van der Waals surface area (Å²) in [7, 11) is 0. The van der Waals surface area contributed by atoms with Gasteiger partial charge in [-0.05, 0) is 6.07 Å². The molecule has 0 saturated heterocycles. The van der Waals surface area contributed by atoms with Crippen molar-refractivity contribution in [3.05, 3.63) is 35.5 Å². The molecule has 2 rings (SSSR count). The quantitative estimate of drug-likeness (QED) is 0.594. The Hall–Kier alpha value is -0.660. The maximum Gasteiger partial charge on any atom is 0.133 e. The third kappa shape index (κ3) is 1.01. The summed E-state index contributed by atoms with van der Waals surface area (Å²) in [5.74, 6) is 0. The average molecular weight is 185 g/mol. The van der Waals surface area contributed by atoms with E-state index >= 15 is 0 Å². The molecule has 0 N–H and O–H groups in total. The molecule has 11 heavy (non-hydrogen) atoms. The van der Waals surface area contributed by atoms with Gasteiger partial charge in [-0.3, -0.25) is 0 Å². The number of nitrogens with zero attached hydrogens (tertiary/aromatic N) is 1. The van der Waals surface area contributed by atoms with E-state index in [4.69, 9.17) is 23.4 Å². The summed E-state index contributed by atoms with van der Waals surface area (Å²) in [6, 6.07) is 10.6. The first-order valence-corrected chi connectivity index (χ1v) is 3.85. The fourth-order valence-electron chi connectivity index (χ4n) is 1.02. The number of para-hydroxylation sites is 1. The van der Waals surface area contributed by atoms with E-state index in [1.54, 1.807) is 0 Å². The van der Waals surface area contributed by atoms with E-state index in [9.17, 15) is 0 Å². The van der Waals surface area contributed by atoms with Crippen LogP contribution >= 0.6 is 23.4 Å². The van der Waals surface area contributed by atoms with Crippen LogP contribution in [0.5, 0.6) is 0 Å². The number of rotatable bonds is 0. The smallest absolute Gasteiger partial charge is 0.133 e. The Morgan fingerprint density at radius 2 is 2.00 bits per heavy atom. The zero-order valence-electron chi connectivity index (χ0n) is 5.51. The van der Waals surface area contributed by atoms with Gasteiger partial charge < -0.3 is 0 Å². The second kappa shape index (κ2) is 2.43. The molecule has 0 atom stereocenters. The van der Waals surface area contributed by atoms with Crippen LogP contribution in [0.1, 0.15) is 0 Å². The van der Waals surface area contributed by atoms with Crippen LogP contribution in [0, 0.1) is 6.07 Å². The van der Waals surface area contributed by atoms with Crippen LogP contribution < -0.4 is 0 Å². The first-order valence-electron chi connectivity index (χ1n) is 3.13. The Balaban J connectivity index is 2.92. The summed E-state index contributed by atoms with van der Waals surface area (Å²) >= 11 is 11.5. The average Bonchev–Trinajstić information content (AvgIpc) is 2.30. The predicted octanol–water partition coefficient (Wildman–Crippen LogP) is 3.10. The molecule has 0 amide bonds. The van der Waals surface area contributed by atoms with Crippen molar-refractivity contribution in [2.75, 3.05) is 0 Å². The van der Waals surface area contributed by atoms with E-state index in [0.717, 1.165) is 10.9 Å². The molecule has 0 aliphatic carbocycles. The van der Waals surface area contributed by atoms with E-state index in [0.29, 0.717) is 5.15 Å². The molecule has 0 aliphatic rings.